The highest BCUT2D eigenvalue weighted by Crippen LogP contribution is 2.07. The maximum Gasteiger partial charge on any atom is 0.306 e. The van der Waals surface area contributed by atoms with E-state index in [1.54, 1.807) is 12.4 Å². The molecule has 2 N–H and O–H groups in total. The molecular weight excluding hydrogens is 274 g/mol. The lowest BCUT2D eigenvalue weighted by Crippen LogP contribution is -2.31. The van der Waals surface area contributed by atoms with E-state index in [1.807, 2.05) is 12.1 Å². The molecule has 0 amide bonds. The number of hydrogen-bond acceptors (Lipinski definition) is 6. The molecule has 2 aromatic rings. The second-order valence-electron chi connectivity index (χ2n) is 4.64. The monoisotopic (exact) mass is 291 g/mol. The first-order valence-electron chi connectivity index (χ1n) is 6.59. The zero-order valence-electron chi connectivity index (χ0n) is 11.4. The first kappa shape index (κ1) is 15.1. The van der Waals surface area contributed by atoms with E-state index in [4.69, 9.17) is 0 Å². The second kappa shape index (κ2) is 7.46. The quantitative estimate of drug-likeness (QED) is 0.414. The van der Waals surface area contributed by atoms with Crippen molar-refractivity contribution in [3.05, 3.63) is 52.6 Å². The van der Waals surface area contributed by atoms with Crippen molar-refractivity contribution in [1.29, 1.82) is 0 Å². The van der Waals surface area contributed by atoms with Crippen LogP contribution in [-0.4, -0.2) is 44.0 Å². The van der Waals surface area contributed by atoms with Crippen molar-refractivity contribution < 1.29 is 10.0 Å². The maximum atomic E-state index is 10.5. The van der Waals surface area contributed by atoms with Crippen molar-refractivity contribution in [2.24, 2.45) is 0 Å². The smallest absolute Gasteiger partial charge is 0.306 e. The Bertz CT molecular complexity index is 572. The summed E-state index contributed by atoms with van der Waals surface area (Å²) in [6.45, 7) is 1.36. The Morgan fingerprint density at radius 3 is 2.86 bits per heavy atom. The van der Waals surface area contributed by atoms with E-state index in [1.165, 1.54) is 22.6 Å². The van der Waals surface area contributed by atoms with E-state index in [0.717, 1.165) is 13.0 Å². The van der Waals surface area contributed by atoms with E-state index >= 15 is 0 Å². The van der Waals surface area contributed by atoms with Crippen LogP contribution in [0.3, 0.4) is 0 Å². The lowest BCUT2D eigenvalue weighted by atomic mass is 10.2. The van der Waals surface area contributed by atoms with Gasteiger partial charge in [0.25, 0.3) is 0 Å². The number of nitrogens with zero attached hydrogens (tertiary/aromatic N) is 4. The molecule has 2 heterocycles. The molecule has 0 aromatic carbocycles. The molecule has 0 aliphatic heterocycles. The highest BCUT2D eigenvalue weighted by atomic mass is 16.6. The van der Waals surface area contributed by atoms with Gasteiger partial charge in [-0.25, -0.2) is 0 Å². The van der Waals surface area contributed by atoms with Crippen LogP contribution in [0, 0.1) is 10.1 Å². The molecule has 0 aliphatic rings. The zero-order valence-corrected chi connectivity index (χ0v) is 11.4. The number of pyridine rings is 1. The van der Waals surface area contributed by atoms with Gasteiger partial charge in [-0.2, -0.15) is 5.10 Å². The number of nitrogens with one attached hydrogen (secondary N) is 1. The van der Waals surface area contributed by atoms with Crippen LogP contribution in [0.25, 0.3) is 0 Å². The standard InChI is InChI=1S/C13H17N5O3/c19-13(10-17-9-12(7-16-17)18(20)21)8-15-6-3-11-1-4-14-5-2-11/h1-2,4-5,7,9,13,15,19H,3,6,8,10H2. The van der Waals surface area contributed by atoms with Crippen molar-refractivity contribution in [2.75, 3.05) is 13.1 Å². The van der Waals surface area contributed by atoms with E-state index in [-0.39, 0.29) is 12.2 Å². The normalized spacial score (nSPS) is 12.2. The molecule has 0 spiro atoms. The van der Waals surface area contributed by atoms with Crippen LogP contribution >= 0.6 is 0 Å². The molecule has 0 fully saturated rings. The third-order valence-corrected chi connectivity index (χ3v) is 2.95. The summed E-state index contributed by atoms with van der Waals surface area (Å²) in [7, 11) is 0. The molecule has 2 rings (SSSR count). The summed E-state index contributed by atoms with van der Waals surface area (Å²) in [5, 5.41) is 27.3. The summed E-state index contributed by atoms with van der Waals surface area (Å²) in [6.07, 6.45) is 6.16. The first-order chi connectivity index (χ1) is 10.1. The van der Waals surface area contributed by atoms with E-state index in [0.29, 0.717) is 6.54 Å². The summed E-state index contributed by atoms with van der Waals surface area (Å²) in [5.74, 6) is 0. The molecule has 8 heteroatoms. The molecule has 0 aliphatic carbocycles. The van der Waals surface area contributed by atoms with Gasteiger partial charge in [-0.1, -0.05) is 0 Å². The number of aliphatic hydroxyl groups is 1. The molecule has 0 saturated heterocycles. The second-order valence-corrected chi connectivity index (χ2v) is 4.64. The van der Waals surface area contributed by atoms with E-state index < -0.39 is 11.0 Å². The number of aromatic nitrogens is 3. The predicted octanol–water partition coefficient (Wildman–Crippen LogP) is 0.379. The Morgan fingerprint density at radius 1 is 1.43 bits per heavy atom. The molecule has 21 heavy (non-hydrogen) atoms. The summed E-state index contributed by atoms with van der Waals surface area (Å²) in [4.78, 5) is 14.0. The third kappa shape index (κ3) is 4.93. The van der Waals surface area contributed by atoms with Gasteiger partial charge >= 0.3 is 5.69 Å². The first-order valence-corrected chi connectivity index (χ1v) is 6.59. The molecule has 0 bridgehead atoms. The number of nitro groups is 1. The van der Waals surface area contributed by atoms with Crippen LogP contribution in [0.15, 0.2) is 36.9 Å². The van der Waals surface area contributed by atoms with Gasteiger partial charge in [0.15, 0.2) is 0 Å². The van der Waals surface area contributed by atoms with Crippen molar-refractivity contribution in [2.45, 2.75) is 19.1 Å². The SMILES string of the molecule is O=[N+]([O-])c1cnn(CC(O)CNCCc2ccncc2)c1. The van der Waals surface area contributed by atoms with E-state index in [2.05, 4.69) is 15.4 Å². The lowest BCUT2D eigenvalue weighted by Gasteiger charge is -2.11. The van der Waals surface area contributed by atoms with Gasteiger partial charge in [0.1, 0.15) is 12.4 Å². The number of aliphatic hydroxyl groups excluding tert-OH is 1. The molecule has 112 valence electrons. The molecule has 8 nitrogen and oxygen atoms in total. The molecule has 0 saturated carbocycles. The van der Waals surface area contributed by atoms with Crippen LogP contribution in [0.1, 0.15) is 5.56 Å². The summed E-state index contributed by atoms with van der Waals surface area (Å²) in [6, 6.07) is 3.89. The predicted molar refractivity (Wildman–Crippen MR) is 75.7 cm³/mol. The Hall–Kier alpha value is -2.32. The zero-order chi connectivity index (χ0) is 15.1. The van der Waals surface area contributed by atoms with Gasteiger partial charge in [0.05, 0.1) is 17.6 Å². The minimum absolute atomic E-state index is 0.0761. The van der Waals surface area contributed by atoms with Crippen LogP contribution < -0.4 is 5.32 Å². The van der Waals surface area contributed by atoms with Crippen LogP contribution in [0.5, 0.6) is 0 Å². The minimum atomic E-state index is -0.651. The maximum absolute atomic E-state index is 10.5. The summed E-state index contributed by atoms with van der Waals surface area (Å²) < 4.78 is 1.37. The van der Waals surface area contributed by atoms with Gasteiger partial charge in [-0.15, -0.1) is 0 Å². The molecule has 1 atom stereocenters. The van der Waals surface area contributed by atoms with E-state index in [9.17, 15) is 15.2 Å². The van der Waals surface area contributed by atoms with Crippen molar-refractivity contribution in [3.8, 4) is 0 Å². The highest BCUT2D eigenvalue weighted by Gasteiger charge is 2.11. The Morgan fingerprint density at radius 2 is 2.19 bits per heavy atom. The van der Waals surface area contributed by atoms with Crippen molar-refractivity contribution in [3.63, 3.8) is 0 Å². The van der Waals surface area contributed by atoms with Gasteiger partial charge in [-0.05, 0) is 30.7 Å². The highest BCUT2D eigenvalue weighted by molar-refractivity contribution is 5.20. The van der Waals surface area contributed by atoms with Crippen LogP contribution in [-0.2, 0) is 13.0 Å². The molecule has 2 aromatic heterocycles. The average Bonchev–Trinajstić information content (AvgIpc) is 2.93. The Labute approximate surface area is 121 Å². The third-order valence-electron chi connectivity index (χ3n) is 2.95. The Kier molecular flexibility index (Phi) is 5.35. The molecule has 0 radical (unpaired) electrons. The fourth-order valence-corrected chi connectivity index (χ4v) is 1.88. The topological polar surface area (TPSA) is 106 Å². The molecule has 1 unspecified atom stereocenters. The molecular formula is C13H17N5O3. The number of rotatable bonds is 8. The van der Waals surface area contributed by atoms with Gasteiger partial charge in [-0.3, -0.25) is 19.8 Å². The van der Waals surface area contributed by atoms with Gasteiger partial charge < -0.3 is 10.4 Å². The fraction of sp³-hybridized carbons (Fsp3) is 0.385. The minimum Gasteiger partial charge on any atom is -0.390 e. The van der Waals surface area contributed by atoms with Crippen molar-refractivity contribution >= 4 is 5.69 Å². The summed E-state index contributed by atoms with van der Waals surface area (Å²) in [5.41, 5.74) is 1.10. The van der Waals surface area contributed by atoms with Crippen LogP contribution in [0.4, 0.5) is 5.69 Å². The number of hydrogen-bond donors (Lipinski definition) is 2. The van der Waals surface area contributed by atoms with Gasteiger partial charge in [0, 0.05) is 18.9 Å². The fourth-order valence-electron chi connectivity index (χ4n) is 1.88. The van der Waals surface area contributed by atoms with Crippen LogP contribution in [0.2, 0.25) is 0 Å². The lowest BCUT2D eigenvalue weighted by molar-refractivity contribution is -0.385. The summed E-state index contributed by atoms with van der Waals surface area (Å²) >= 11 is 0. The average molecular weight is 291 g/mol. The Balaban J connectivity index is 1.67. The van der Waals surface area contributed by atoms with Crippen molar-refractivity contribution in [1.82, 2.24) is 20.1 Å². The largest absolute Gasteiger partial charge is 0.390 e. The van der Waals surface area contributed by atoms with Gasteiger partial charge in [0.2, 0.25) is 0 Å².